The number of anilines is 1. The summed E-state index contributed by atoms with van der Waals surface area (Å²) in [5.41, 5.74) is 7.02. The van der Waals surface area contributed by atoms with Crippen LogP contribution in [0, 0.1) is 0 Å². The first-order chi connectivity index (χ1) is 9.20. The lowest BCUT2D eigenvalue weighted by Crippen LogP contribution is -2.49. The van der Waals surface area contributed by atoms with Crippen molar-refractivity contribution >= 4 is 11.6 Å². The van der Waals surface area contributed by atoms with Crippen LogP contribution < -0.4 is 5.73 Å². The van der Waals surface area contributed by atoms with E-state index < -0.39 is 0 Å². The largest absolute Gasteiger partial charge is 0.399 e. The highest BCUT2D eigenvalue weighted by molar-refractivity contribution is 5.94. The predicted octanol–water partition coefficient (Wildman–Crippen LogP) is 0.673. The minimum atomic E-state index is 0.0893. The molecule has 0 aromatic heterocycles. The van der Waals surface area contributed by atoms with Crippen molar-refractivity contribution in [3.05, 3.63) is 29.8 Å². The molecular weight excluding hydrogens is 242 g/mol. The summed E-state index contributed by atoms with van der Waals surface area (Å²) in [5, 5.41) is 0. The van der Waals surface area contributed by atoms with Gasteiger partial charge < -0.3 is 15.4 Å². The molecule has 1 aliphatic heterocycles. The molecule has 0 bridgehead atoms. The summed E-state index contributed by atoms with van der Waals surface area (Å²) in [7, 11) is 1.71. The number of piperazine rings is 1. The number of ether oxygens (including phenoxy) is 1. The van der Waals surface area contributed by atoms with E-state index in [2.05, 4.69) is 4.90 Å². The topological polar surface area (TPSA) is 58.8 Å². The molecule has 1 heterocycles. The van der Waals surface area contributed by atoms with Gasteiger partial charge in [0.15, 0.2) is 0 Å². The molecule has 1 amide bonds. The van der Waals surface area contributed by atoms with Crippen LogP contribution in [0.3, 0.4) is 0 Å². The highest BCUT2D eigenvalue weighted by atomic mass is 16.5. The van der Waals surface area contributed by atoms with E-state index in [4.69, 9.17) is 10.5 Å². The molecule has 1 aromatic rings. The lowest BCUT2D eigenvalue weighted by Gasteiger charge is -2.34. The Morgan fingerprint density at radius 2 is 1.84 bits per heavy atom. The maximum absolute atomic E-state index is 12.3. The lowest BCUT2D eigenvalue weighted by molar-refractivity contribution is 0.0594. The Labute approximate surface area is 113 Å². The Kier molecular flexibility index (Phi) is 4.76. The minimum Gasteiger partial charge on any atom is -0.399 e. The van der Waals surface area contributed by atoms with Crippen molar-refractivity contribution in [2.75, 3.05) is 52.2 Å². The fraction of sp³-hybridized carbons (Fsp3) is 0.500. The number of carbonyl (C=O) groups excluding carboxylic acids is 1. The van der Waals surface area contributed by atoms with E-state index in [1.807, 2.05) is 4.90 Å². The van der Waals surface area contributed by atoms with E-state index in [0.29, 0.717) is 11.3 Å². The molecular formula is C14H21N3O2. The maximum atomic E-state index is 12.3. The molecule has 1 aromatic carbocycles. The molecule has 19 heavy (non-hydrogen) atoms. The van der Waals surface area contributed by atoms with Crippen LogP contribution in [0.5, 0.6) is 0 Å². The number of rotatable bonds is 4. The average Bonchev–Trinajstić information content (AvgIpc) is 2.46. The quantitative estimate of drug-likeness (QED) is 0.811. The van der Waals surface area contributed by atoms with Crippen LogP contribution in [0.1, 0.15) is 10.4 Å². The molecule has 5 nitrogen and oxygen atoms in total. The van der Waals surface area contributed by atoms with Crippen LogP contribution in [0.25, 0.3) is 0 Å². The molecule has 0 unspecified atom stereocenters. The molecule has 1 fully saturated rings. The Bertz CT molecular complexity index is 411. The number of amides is 1. The molecule has 0 saturated carbocycles. The van der Waals surface area contributed by atoms with Crippen molar-refractivity contribution in [3.63, 3.8) is 0 Å². The molecule has 2 N–H and O–H groups in total. The highest BCUT2D eigenvalue weighted by Crippen LogP contribution is 2.11. The zero-order valence-electron chi connectivity index (χ0n) is 11.3. The van der Waals surface area contributed by atoms with E-state index in [-0.39, 0.29) is 5.91 Å². The number of hydrogen-bond donors (Lipinski definition) is 1. The molecule has 0 atom stereocenters. The zero-order valence-corrected chi connectivity index (χ0v) is 11.3. The van der Waals surface area contributed by atoms with E-state index in [1.54, 1.807) is 31.4 Å². The van der Waals surface area contributed by atoms with Gasteiger partial charge in [-0.25, -0.2) is 0 Å². The fourth-order valence-corrected chi connectivity index (χ4v) is 2.20. The third-order valence-corrected chi connectivity index (χ3v) is 3.43. The van der Waals surface area contributed by atoms with Crippen molar-refractivity contribution < 1.29 is 9.53 Å². The first kappa shape index (κ1) is 13.8. The number of carbonyl (C=O) groups is 1. The second-order valence-electron chi connectivity index (χ2n) is 4.75. The van der Waals surface area contributed by atoms with Crippen LogP contribution in [0.4, 0.5) is 5.69 Å². The smallest absolute Gasteiger partial charge is 0.253 e. The molecule has 1 aliphatic rings. The first-order valence-corrected chi connectivity index (χ1v) is 6.57. The molecule has 1 saturated heterocycles. The van der Waals surface area contributed by atoms with Gasteiger partial charge in [-0.2, -0.15) is 0 Å². The minimum absolute atomic E-state index is 0.0893. The van der Waals surface area contributed by atoms with E-state index >= 15 is 0 Å². The molecule has 104 valence electrons. The van der Waals surface area contributed by atoms with Gasteiger partial charge in [-0.3, -0.25) is 9.69 Å². The van der Waals surface area contributed by atoms with Crippen LogP contribution in [-0.2, 0) is 4.74 Å². The fourth-order valence-electron chi connectivity index (χ4n) is 2.20. The van der Waals surface area contributed by atoms with Crippen molar-refractivity contribution in [3.8, 4) is 0 Å². The number of nitrogens with zero attached hydrogens (tertiary/aromatic N) is 2. The van der Waals surface area contributed by atoms with Gasteiger partial charge in [0.25, 0.3) is 5.91 Å². The SMILES string of the molecule is COCCN1CCN(C(=O)c2ccc(N)cc2)CC1. The number of methoxy groups -OCH3 is 1. The summed E-state index contributed by atoms with van der Waals surface area (Å²) >= 11 is 0. The normalized spacial score (nSPS) is 16.6. The van der Waals surface area contributed by atoms with Crippen LogP contribution in [0.2, 0.25) is 0 Å². The summed E-state index contributed by atoms with van der Waals surface area (Å²) in [6.45, 7) is 5.03. The van der Waals surface area contributed by atoms with E-state index in [1.165, 1.54) is 0 Å². The Morgan fingerprint density at radius 1 is 1.21 bits per heavy atom. The van der Waals surface area contributed by atoms with E-state index in [0.717, 1.165) is 39.3 Å². The first-order valence-electron chi connectivity index (χ1n) is 6.57. The van der Waals surface area contributed by atoms with Gasteiger partial charge >= 0.3 is 0 Å². The van der Waals surface area contributed by atoms with Crippen LogP contribution in [0.15, 0.2) is 24.3 Å². The number of benzene rings is 1. The van der Waals surface area contributed by atoms with Gasteiger partial charge in [-0.1, -0.05) is 0 Å². The van der Waals surface area contributed by atoms with Crippen molar-refractivity contribution in [2.24, 2.45) is 0 Å². The molecule has 2 rings (SSSR count). The third kappa shape index (κ3) is 3.68. The van der Waals surface area contributed by atoms with Crippen LogP contribution in [-0.4, -0.2) is 62.1 Å². The summed E-state index contributed by atoms with van der Waals surface area (Å²) in [4.78, 5) is 16.5. The summed E-state index contributed by atoms with van der Waals surface area (Å²) in [6.07, 6.45) is 0. The standard InChI is InChI=1S/C14H21N3O2/c1-19-11-10-16-6-8-17(9-7-16)14(18)12-2-4-13(15)5-3-12/h2-5H,6-11,15H2,1H3. The van der Waals surface area contributed by atoms with Gasteiger partial charge in [0.05, 0.1) is 6.61 Å². The third-order valence-electron chi connectivity index (χ3n) is 3.43. The highest BCUT2D eigenvalue weighted by Gasteiger charge is 2.21. The summed E-state index contributed by atoms with van der Waals surface area (Å²) in [6, 6.07) is 7.11. The second-order valence-corrected chi connectivity index (χ2v) is 4.75. The summed E-state index contributed by atoms with van der Waals surface area (Å²) < 4.78 is 5.07. The summed E-state index contributed by atoms with van der Waals surface area (Å²) in [5.74, 6) is 0.0893. The van der Waals surface area contributed by atoms with Gasteiger partial charge in [0.1, 0.15) is 0 Å². The zero-order chi connectivity index (χ0) is 13.7. The maximum Gasteiger partial charge on any atom is 0.253 e. The number of nitrogen functional groups attached to an aromatic ring is 1. The second kappa shape index (κ2) is 6.54. The van der Waals surface area contributed by atoms with Crippen molar-refractivity contribution in [2.45, 2.75) is 0 Å². The predicted molar refractivity (Wildman–Crippen MR) is 75.1 cm³/mol. The van der Waals surface area contributed by atoms with Crippen LogP contribution >= 0.6 is 0 Å². The Balaban J connectivity index is 1.87. The Hall–Kier alpha value is -1.59. The molecule has 0 spiro atoms. The lowest BCUT2D eigenvalue weighted by atomic mass is 10.1. The number of nitrogens with two attached hydrogens (primary N) is 1. The number of hydrogen-bond acceptors (Lipinski definition) is 4. The van der Waals surface area contributed by atoms with E-state index in [9.17, 15) is 4.79 Å². The van der Waals surface area contributed by atoms with Gasteiger partial charge in [-0.15, -0.1) is 0 Å². The molecule has 0 radical (unpaired) electrons. The van der Waals surface area contributed by atoms with Gasteiger partial charge in [0, 0.05) is 51.1 Å². The Morgan fingerprint density at radius 3 is 2.42 bits per heavy atom. The molecule has 5 heteroatoms. The van der Waals surface area contributed by atoms with Gasteiger partial charge in [0.2, 0.25) is 0 Å². The molecule has 0 aliphatic carbocycles. The van der Waals surface area contributed by atoms with Crippen molar-refractivity contribution in [1.29, 1.82) is 0 Å². The average molecular weight is 263 g/mol. The van der Waals surface area contributed by atoms with Gasteiger partial charge in [-0.05, 0) is 24.3 Å². The van der Waals surface area contributed by atoms with Crippen molar-refractivity contribution in [1.82, 2.24) is 9.80 Å². The monoisotopic (exact) mass is 263 g/mol.